The van der Waals surface area contributed by atoms with Crippen molar-refractivity contribution in [3.63, 3.8) is 0 Å². The lowest BCUT2D eigenvalue weighted by atomic mass is 9.94. The molecule has 1 aromatic heterocycles. The molecule has 0 saturated heterocycles. The van der Waals surface area contributed by atoms with Crippen LogP contribution in [0.5, 0.6) is 5.75 Å². The van der Waals surface area contributed by atoms with Gasteiger partial charge in [-0.1, -0.05) is 23.8 Å². The number of hydrogen-bond donors (Lipinski definition) is 1. The molecule has 1 heterocycles. The Kier molecular flexibility index (Phi) is 4.07. The van der Waals surface area contributed by atoms with Gasteiger partial charge in [0.15, 0.2) is 0 Å². The highest BCUT2D eigenvalue weighted by Gasteiger charge is 2.23. The minimum absolute atomic E-state index is 0.643. The molecule has 0 fully saturated rings. The fourth-order valence-electron chi connectivity index (χ4n) is 2.65. The smallest absolute Gasteiger partial charge is 0.120 e. The highest BCUT2D eigenvalue weighted by Crippen LogP contribution is 2.43. The number of benzene rings is 1. The highest BCUT2D eigenvalue weighted by atomic mass is 35.5. The van der Waals surface area contributed by atoms with E-state index in [2.05, 4.69) is 12.2 Å². The molecular weight excluding hydrogens is 304 g/mol. The van der Waals surface area contributed by atoms with Crippen molar-refractivity contribution in [1.82, 2.24) is 0 Å². The Labute approximate surface area is 133 Å². The SMILES string of the molecule is COc1ccc2c(Cl)c(C(O)C3=CCCC=C3C)sc2c1. The number of fused-ring (bicyclic) bond motifs is 1. The van der Waals surface area contributed by atoms with Gasteiger partial charge in [-0.05, 0) is 49.1 Å². The van der Waals surface area contributed by atoms with E-state index in [-0.39, 0.29) is 0 Å². The van der Waals surface area contributed by atoms with Gasteiger partial charge < -0.3 is 9.84 Å². The maximum Gasteiger partial charge on any atom is 0.120 e. The van der Waals surface area contributed by atoms with Crippen LogP contribution >= 0.6 is 22.9 Å². The monoisotopic (exact) mass is 320 g/mol. The molecule has 2 nitrogen and oxygen atoms in total. The minimum atomic E-state index is -0.655. The molecule has 2 aromatic rings. The predicted molar refractivity (Wildman–Crippen MR) is 89.4 cm³/mol. The van der Waals surface area contributed by atoms with Gasteiger partial charge in [0.25, 0.3) is 0 Å². The number of methoxy groups -OCH3 is 1. The molecule has 1 unspecified atom stereocenters. The normalized spacial score (nSPS) is 16.6. The lowest BCUT2D eigenvalue weighted by Gasteiger charge is -2.18. The van der Waals surface area contributed by atoms with Gasteiger partial charge in [0, 0.05) is 10.1 Å². The predicted octanol–water partition coefficient (Wildman–Crippen LogP) is 5.26. The Morgan fingerprint density at radius 3 is 2.76 bits per heavy atom. The Morgan fingerprint density at radius 2 is 2.05 bits per heavy atom. The van der Waals surface area contributed by atoms with Gasteiger partial charge in [-0.15, -0.1) is 11.3 Å². The van der Waals surface area contributed by atoms with Gasteiger partial charge in [-0.25, -0.2) is 0 Å². The molecule has 21 heavy (non-hydrogen) atoms. The van der Waals surface area contributed by atoms with Gasteiger partial charge >= 0.3 is 0 Å². The van der Waals surface area contributed by atoms with Crippen molar-refractivity contribution in [1.29, 1.82) is 0 Å². The maximum atomic E-state index is 10.7. The molecule has 0 aliphatic heterocycles. The van der Waals surface area contributed by atoms with E-state index in [1.807, 2.05) is 25.1 Å². The summed E-state index contributed by atoms with van der Waals surface area (Å²) in [6.45, 7) is 2.04. The molecule has 0 spiro atoms. The third-order valence-corrected chi connectivity index (χ3v) is 5.57. The fourth-order valence-corrected chi connectivity index (χ4v) is 4.22. The number of ether oxygens (including phenoxy) is 1. The summed E-state index contributed by atoms with van der Waals surface area (Å²) >= 11 is 8.00. The van der Waals surface area contributed by atoms with Crippen LogP contribution in [0, 0.1) is 0 Å². The number of hydrogen-bond acceptors (Lipinski definition) is 3. The van der Waals surface area contributed by atoms with Crippen molar-refractivity contribution in [2.45, 2.75) is 25.9 Å². The standard InChI is InChI=1S/C17H17ClO2S/c1-10-5-3-4-6-12(10)16(19)17-15(18)13-8-7-11(20-2)9-14(13)21-17/h5-9,16,19H,3-4H2,1-2H3. The quantitative estimate of drug-likeness (QED) is 0.835. The molecule has 1 aliphatic rings. The van der Waals surface area contributed by atoms with Gasteiger partial charge in [0.2, 0.25) is 0 Å². The van der Waals surface area contributed by atoms with Crippen LogP contribution in [0.25, 0.3) is 10.1 Å². The number of thiophene rings is 1. The second-order valence-corrected chi connectivity index (χ2v) is 6.63. The first-order chi connectivity index (χ1) is 10.1. The number of allylic oxidation sites excluding steroid dienone is 2. The first-order valence-electron chi connectivity index (χ1n) is 6.93. The van der Waals surface area contributed by atoms with Crippen LogP contribution < -0.4 is 4.74 Å². The van der Waals surface area contributed by atoms with Crippen LogP contribution in [0.1, 0.15) is 30.7 Å². The fraction of sp³-hybridized carbons (Fsp3) is 0.294. The number of halogens is 1. The summed E-state index contributed by atoms with van der Waals surface area (Å²) in [4.78, 5) is 0.806. The van der Waals surface area contributed by atoms with Crippen LogP contribution in [0.15, 0.2) is 41.5 Å². The Morgan fingerprint density at radius 1 is 1.29 bits per heavy atom. The van der Waals surface area contributed by atoms with E-state index in [1.54, 1.807) is 7.11 Å². The van der Waals surface area contributed by atoms with E-state index in [1.165, 1.54) is 11.3 Å². The molecule has 0 amide bonds. The van der Waals surface area contributed by atoms with Crippen molar-refractivity contribution in [2.75, 3.05) is 7.11 Å². The summed E-state index contributed by atoms with van der Waals surface area (Å²) in [5.41, 5.74) is 2.11. The summed E-state index contributed by atoms with van der Waals surface area (Å²) in [7, 11) is 1.65. The number of aliphatic hydroxyl groups excluding tert-OH is 1. The number of rotatable bonds is 3. The van der Waals surface area contributed by atoms with E-state index < -0.39 is 6.10 Å². The van der Waals surface area contributed by atoms with E-state index >= 15 is 0 Å². The van der Waals surface area contributed by atoms with Crippen LogP contribution in [0.4, 0.5) is 0 Å². The number of aliphatic hydroxyl groups is 1. The minimum Gasteiger partial charge on any atom is -0.497 e. The summed E-state index contributed by atoms with van der Waals surface area (Å²) in [6, 6.07) is 5.79. The van der Waals surface area contributed by atoms with Gasteiger partial charge in [-0.3, -0.25) is 0 Å². The van der Waals surface area contributed by atoms with Crippen LogP contribution in [0.3, 0.4) is 0 Å². The third-order valence-electron chi connectivity index (χ3n) is 3.84. The third kappa shape index (κ3) is 2.61. The summed E-state index contributed by atoms with van der Waals surface area (Å²) in [5.74, 6) is 0.800. The Hall–Kier alpha value is -1.29. The van der Waals surface area contributed by atoms with Crippen molar-refractivity contribution < 1.29 is 9.84 Å². The van der Waals surface area contributed by atoms with E-state index in [9.17, 15) is 5.11 Å². The summed E-state index contributed by atoms with van der Waals surface area (Å²) in [5, 5.41) is 12.3. The zero-order chi connectivity index (χ0) is 15.0. The first-order valence-corrected chi connectivity index (χ1v) is 8.12. The van der Waals surface area contributed by atoms with Crippen molar-refractivity contribution in [3.05, 3.63) is 51.4 Å². The molecule has 1 aromatic carbocycles. The lowest BCUT2D eigenvalue weighted by Crippen LogP contribution is -2.04. The molecule has 0 bridgehead atoms. The lowest BCUT2D eigenvalue weighted by molar-refractivity contribution is 0.221. The Balaban J connectivity index is 2.06. The van der Waals surface area contributed by atoms with E-state index in [0.29, 0.717) is 5.02 Å². The van der Waals surface area contributed by atoms with E-state index in [4.69, 9.17) is 16.3 Å². The molecule has 0 saturated carbocycles. The molecule has 1 atom stereocenters. The van der Waals surface area contributed by atoms with Gasteiger partial charge in [-0.2, -0.15) is 0 Å². The van der Waals surface area contributed by atoms with E-state index in [0.717, 1.165) is 44.7 Å². The molecule has 1 aliphatic carbocycles. The zero-order valence-corrected chi connectivity index (χ0v) is 13.6. The topological polar surface area (TPSA) is 29.5 Å². The van der Waals surface area contributed by atoms with Crippen molar-refractivity contribution in [2.24, 2.45) is 0 Å². The Bertz CT molecular complexity index is 743. The average Bonchev–Trinajstić information content (AvgIpc) is 2.83. The maximum absolute atomic E-state index is 10.7. The zero-order valence-electron chi connectivity index (χ0n) is 12.0. The van der Waals surface area contributed by atoms with Crippen molar-refractivity contribution >= 4 is 33.0 Å². The molecule has 0 radical (unpaired) electrons. The van der Waals surface area contributed by atoms with Crippen LogP contribution in [-0.4, -0.2) is 12.2 Å². The largest absolute Gasteiger partial charge is 0.497 e. The van der Waals surface area contributed by atoms with Crippen molar-refractivity contribution in [3.8, 4) is 5.75 Å². The molecule has 1 N–H and O–H groups in total. The average molecular weight is 321 g/mol. The second kappa shape index (κ2) is 5.84. The van der Waals surface area contributed by atoms with Crippen LogP contribution in [0.2, 0.25) is 5.02 Å². The molecule has 4 heteroatoms. The second-order valence-electron chi connectivity index (χ2n) is 5.17. The molecular formula is C17H17ClO2S. The molecule has 3 rings (SSSR count). The highest BCUT2D eigenvalue weighted by molar-refractivity contribution is 7.19. The van der Waals surface area contributed by atoms with Gasteiger partial charge in [0.05, 0.1) is 17.0 Å². The van der Waals surface area contributed by atoms with Crippen LogP contribution in [-0.2, 0) is 0 Å². The molecule has 110 valence electrons. The summed E-state index contributed by atoms with van der Waals surface area (Å²) in [6.07, 6.45) is 5.64. The first kappa shape index (κ1) is 14.6. The van der Waals surface area contributed by atoms with Gasteiger partial charge in [0.1, 0.15) is 11.9 Å². The summed E-state index contributed by atoms with van der Waals surface area (Å²) < 4.78 is 6.28.